The highest BCUT2D eigenvalue weighted by Crippen LogP contribution is 2.36. The van der Waals surface area contributed by atoms with Gasteiger partial charge in [-0.3, -0.25) is 4.72 Å². The van der Waals surface area contributed by atoms with Crippen molar-refractivity contribution >= 4 is 48.9 Å². The quantitative estimate of drug-likeness (QED) is 0.761. The number of aryl methyl sites for hydroxylation is 2. The van der Waals surface area contributed by atoms with E-state index in [1.807, 2.05) is 19.1 Å². The summed E-state index contributed by atoms with van der Waals surface area (Å²) in [5.74, 6) is 0.315. The van der Waals surface area contributed by atoms with Crippen LogP contribution in [-0.2, 0) is 10.0 Å². The minimum absolute atomic E-state index is 0.285. The van der Waals surface area contributed by atoms with Gasteiger partial charge in [-0.05, 0) is 55.1 Å². The number of anilines is 1. The third-order valence-corrected chi connectivity index (χ3v) is 6.71. The highest BCUT2D eigenvalue weighted by Gasteiger charge is 2.22. The van der Waals surface area contributed by atoms with Gasteiger partial charge in [0.1, 0.15) is 10.0 Å². The number of aromatic nitrogens is 1. The molecule has 0 aliphatic rings. The van der Waals surface area contributed by atoms with E-state index in [2.05, 4.69) is 9.71 Å². The van der Waals surface area contributed by atoms with Crippen LogP contribution in [-0.4, -0.2) is 13.4 Å². The van der Waals surface area contributed by atoms with Gasteiger partial charge in [0.15, 0.2) is 0 Å². The second kappa shape index (κ2) is 5.53. The van der Waals surface area contributed by atoms with Crippen LogP contribution in [0.4, 0.5) is 5.82 Å². The van der Waals surface area contributed by atoms with Crippen molar-refractivity contribution in [3.63, 3.8) is 0 Å². The predicted octanol–water partition coefficient (Wildman–Crippen LogP) is 4.37. The maximum Gasteiger partial charge on any atom is 0.272 e. The average Bonchev–Trinajstić information content (AvgIpc) is 2.76. The van der Waals surface area contributed by atoms with Gasteiger partial charge in [0.2, 0.25) is 0 Å². The largest absolute Gasteiger partial charge is 0.272 e. The van der Waals surface area contributed by atoms with E-state index in [4.69, 9.17) is 11.6 Å². The first-order valence-electron chi connectivity index (χ1n) is 6.52. The molecule has 2 aromatic heterocycles. The summed E-state index contributed by atoms with van der Waals surface area (Å²) in [7, 11) is -3.67. The molecule has 4 nitrogen and oxygen atoms in total. The fourth-order valence-electron chi connectivity index (χ4n) is 2.21. The lowest BCUT2D eigenvalue weighted by molar-refractivity contribution is 0.602. The van der Waals surface area contributed by atoms with Crippen molar-refractivity contribution in [2.45, 2.75) is 18.1 Å². The minimum Gasteiger partial charge on any atom is -0.263 e. The molecule has 0 saturated heterocycles. The molecule has 3 rings (SSSR count). The van der Waals surface area contributed by atoms with Crippen molar-refractivity contribution in [3.8, 4) is 0 Å². The Morgan fingerprint density at radius 2 is 1.95 bits per heavy atom. The van der Waals surface area contributed by atoms with Gasteiger partial charge in [0, 0.05) is 15.4 Å². The van der Waals surface area contributed by atoms with Gasteiger partial charge in [-0.1, -0.05) is 17.7 Å². The topological polar surface area (TPSA) is 59.1 Å². The standard InChI is InChI=1S/C15H13ClN2O2S2/c1-9-4-3-5-14(17-9)18-22(19,20)15-10(2)12-8-11(16)6-7-13(12)21-15/h3-8H,1-2H3,(H,17,18). The number of pyridine rings is 1. The van der Waals surface area contributed by atoms with Gasteiger partial charge in [-0.2, -0.15) is 0 Å². The number of halogens is 1. The summed E-state index contributed by atoms with van der Waals surface area (Å²) >= 11 is 7.22. The normalized spacial score (nSPS) is 11.8. The molecule has 114 valence electrons. The highest BCUT2D eigenvalue weighted by atomic mass is 35.5. The molecule has 2 heterocycles. The van der Waals surface area contributed by atoms with E-state index in [9.17, 15) is 8.42 Å². The second-order valence-electron chi connectivity index (χ2n) is 4.92. The molecule has 0 bridgehead atoms. The lowest BCUT2D eigenvalue weighted by Crippen LogP contribution is -2.13. The Balaban J connectivity index is 2.07. The molecule has 1 aromatic carbocycles. The summed E-state index contributed by atoms with van der Waals surface area (Å²) in [5, 5.41) is 1.45. The van der Waals surface area contributed by atoms with Gasteiger partial charge < -0.3 is 0 Å². The summed E-state index contributed by atoms with van der Waals surface area (Å²) in [6, 6.07) is 10.6. The Bertz CT molecular complexity index is 965. The summed E-state index contributed by atoms with van der Waals surface area (Å²) in [5.41, 5.74) is 1.45. The molecule has 0 atom stereocenters. The van der Waals surface area contributed by atoms with Crippen molar-refractivity contribution in [2.24, 2.45) is 0 Å². The minimum atomic E-state index is -3.67. The molecule has 7 heteroatoms. The number of hydrogen-bond donors (Lipinski definition) is 1. The number of rotatable bonds is 3. The summed E-state index contributed by atoms with van der Waals surface area (Å²) in [4.78, 5) is 4.17. The van der Waals surface area contributed by atoms with Crippen molar-refractivity contribution in [1.29, 1.82) is 0 Å². The van der Waals surface area contributed by atoms with E-state index in [1.54, 1.807) is 31.2 Å². The van der Waals surface area contributed by atoms with E-state index in [1.165, 1.54) is 11.3 Å². The number of fused-ring (bicyclic) bond motifs is 1. The SMILES string of the molecule is Cc1cccc(NS(=O)(=O)c2sc3ccc(Cl)cc3c2C)n1. The lowest BCUT2D eigenvalue weighted by atomic mass is 10.2. The van der Waals surface area contributed by atoms with Crippen molar-refractivity contribution in [3.05, 3.63) is 52.7 Å². The number of nitrogens with zero attached hydrogens (tertiary/aromatic N) is 1. The summed E-state index contributed by atoms with van der Waals surface area (Å²) < 4.78 is 28.9. The molecule has 0 saturated carbocycles. The smallest absolute Gasteiger partial charge is 0.263 e. The maximum absolute atomic E-state index is 12.6. The van der Waals surface area contributed by atoms with Crippen LogP contribution in [0.3, 0.4) is 0 Å². The molecular weight excluding hydrogens is 340 g/mol. The average molecular weight is 353 g/mol. The fraction of sp³-hybridized carbons (Fsp3) is 0.133. The predicted molar refractivity (Wildman–Crippen MR) is 91.4 cm³/mol. The van der Waals surface area contributed by atoms with E-state index in [-0.39, 0.29) is 4.21 Å². The van der Waals surface area contributed by atoms with Crippen LogP contribution in [0.2, 0.25) is 5.02 Å². The van der Waals surface area contributed by atoms with E-state index in [0.717, 1.165) is 15.8 Å². The van der Waals surface area contributed by atoms with Crippen LogP contribution in [0.5, 0.6) is 0 Å². The highest BCUT2D eigenvalue weighted by molar-refractivity contribution is 7.94. The molecule has 0 radical (unpaired) electrons. The number of sulfonamides is 1. The molecule has 0 aliphatic carbocycles. The molecule has 0 unspecified atom stereocenters. The van der Waals surface area contributed by atoms with Crippen LogP contribution in [0.1, 0.15) is 11.3 Å². The van der Waals surface area contributed by atoms with Crippen molar-refractivity contribution in [1.82, 2.24) is 4.98 Å². The molecular formula is C15H13ClN2O2S2. The van der Waals surface area contributed by atoms with Crippen molar-refractivity contribution < 1.29 is 8.42 Å². The van der Waals surface area contributed by atoms with Gasteiger partial charge >= 0.3 is 0 Å². The van der Waals surface area contributed by atoms with Gasteiger partial charge in [-0.25, -0.2) is 13.4 Å². The van der Waals surface area contributed by atoms with Gasteiger partial charge in [0.25, 0.3) is 10.0 Å². The van der Waals surface area contributed by atoms with E-state index >= 15 is 0 Å². The number of thiophene rings is 1. The summed E-state index contributed by atoms with van der Waals surface area (Å²) in [6.07, 6.45) is 0. The molecule has 0 amide bonds. The maximum atomic E-state index is 12.6. The zero-order valence-electron chi connectivity index (χ0n) is 11.9. The zero-order chi connectivity index (χ0) is 15.9. The molecule has 3 aromatic rings. The van der Waals surface area contributed by atoms with E-state index < -0.39 is 10.0 Å². The molecule has 0 fully saturated rings. The first-order valence-corrected chi connectivity index (χ1v) is 9.20. The van der Waals surface area contributed by atoms with Gasteiger partial charge in [-0.15, -0.1) is 11.3 Å². The number of nitrogens with one attached hydrogen (secondary N) is 1. The monoisotopic (exact) mass is 352 g/mol. The van der Waals surface area contributed by atoms with E-state index in [0.29, 0.717) is 16.4 Å². The Hall–Kier alpha value is -1.63. The Kier molecular flexibility index (Phi) is 3.84. The third kappa shape index (κ3) is 2.82. The Labute approximate surface area is 137 Å². The zero-order valence-corrected chi connectivity index (χ0v) is 14.3. The molecule has 1 N–H and O–H groups in total. The third-order valence-electron chi connectivity index (χ3n) is 3.23. The Morgan fingerprint density at radius 1 is 1.18 bits per heavy atom. The summed E-state index contributed by atoms with van der Waals surface area (Å²) in [6.45, 7) is 3.60. The molecule has 0 spiro atoms. The first kappa shape index (κ1) is 15.3. The number of hydrogen-bond acceptors (Lipinski definition) is 4. The van der Waals surface area contributed by atoms with Crippen LogP contribution < -0.4 is 4.72 Å². The first-order chi connectivity index (χ1) is 10.4. The van der Waals surface area contributed by atoms with Crippen LogP contribution in [0, 0.1) is 13.8 Å². The van der Waals surface area contributed by atoms with Crippen LogP contribution in [0.25, 0.3) is 10.1 Å². The molecule has 0 aliphatic heterocycles. The number of benzene rings is 1. The van der Waals surface area contributed by atoms with Gasteiger partial charge in [0.05, 0.1) is 0 Å². The van der Waals surface area contributed by atoms with Crippen LogP contribution in [0.15, 0.2) is 40.6 Å². The van der Waals surface area contributed by atoms with Crippen molar-refractivity contribution in [2.75, 3.05) is 4.72 Å². The Morgan fingerprint density at radius 3 is 2.68 bits per heavy atom. The second-order valence-corrected chi connectivity index (χ2v) is 8.29. The van der Waals surface area contributed by atoms with Crippen LogP contribution >= 0.6 is 22.9 Å². The fourth-order valence-corrected chi connectivity index (χ4v) is 5.13. The molecule has 22 heavy (non-hydrogen) atoms. The lowest BCUT2D eigenvalue weighted by Gasteiger charge is -2.07.